The molecule has 0 spiro atoms. The largest absolute Gasteiger partial charge is 0.358 e. The van der Waals surface area contributed by atoms with Gasteiger partial charge in [0.25, 0.3) is 0 Å². The highest BCUT2D eigenvalue weighted by Gasteiger charge is 2.24. The fourth-order valence-corrected chi connectivity index (χ4v) is 4.96. The number of benzene rings is 3. The van der Waals surface area contributed by atoms with Gasteiger partial charge in [-0.2, -0.15) is 0 Å². The number of halogens is 1. The molecule has 0 bridgehead atoms. The number of nitrogens with one attached hydrogen (secondary N) is 1. The van der Waals surface area contributed by atoms with E-state index >= 15 is 0 Å². The van der Waals surface area contributed by atoms with Gasteiger partial charge in [-0.25, -0.2) is 0 Å². The van der Waals surface area contributed by atoms with Crippen LogP contribution in [0.5, 0.6) is 0 Å². The Kier molecular flexibility index (Phi) is 4.41. The molecule has 0 radical (unpaired) electrons. The van der Waals surface area contributed by atoms with Gasteiger partial charge in [0.15, 0.2) is 0 Å². The van der Waals surface area contributed by atoms with Crippen molar-refractivity contribution in [1.29, 1.82) is 0 Å². The first-order valence-electron chi connectivity index (χ1n) is 10.2. The second-order valence-electron chi connectivity index (χ2n) is 8.09. The molecule has 0 aliphatic carbocycles. The summed E-state index contributed by atoms with van der Waals surface area (Å²) in [5.41, 5.74) is 9.02. The second kappa shape index (κ2) is 7.00. The quantitative estimate of drug-likeness (QED) is 0.327. The van der Waals surface area contributed by atoms with E-state index in [-0.39, 0.29) is 0 Å². The molecule has 30 heavy (non-hydrogen) atoms. The Bertz CT molecular complexity index is 1370. The van der Waals surface area contributed by atoms with Crippen molar-refractivity contribution < 1.29 is 0 Å². The summed E-state index contributed by atoms with van der Waals surface area (Å²) >= 11 is 6.88. The molecule has 5 rings (SSSR count). The molecular weight excluding hydrogens is 388 g/mol. The lowest BCUT2D eigenvalue weighted by molar-refractivity contribution is 1.21. The molecule has 0 fully saturated rings. The smallest absolute Gasteiger partial charge is 0.0762 e. The predicted molar refractivity (Wildman–Crippen MR) is 130 cm³/mol. The lowest BCUT2D eigenvalue weighted by Crippen LogP contribution is -1.99. The summed E-state index contributed by atoms with van der Waals surface area (Å²) < 4.78 is 0. The summed E-state index contributed by atoms with van der Waals surface area (Å²) in [5.74, 6) is 0. The molecule has 1 N–H and O–H groups in total. The molecule has 3 heteroatoms. The van der Waals surface area contributed by atoms with Gasteiger partial charge in [0, 0.05) is 33.3 Å². The van der Waals surface area contributed by atoms with E-state index in [0.29, 0.717) is 0 Å². The molecule has 3 aromatic carbocycles. The third-order valence-corrected chi connectivity index (χ3v) is 6.25. The number of aromatic amines is 1. The highest BCUT2D eigenvalue weighted by atomic mass is 35.5. The van der Waals surface area contributed by atoms with Crippen molar-refractivity contribution in [3.8, 4) is 0 Å². The molecule has 0 unspecified atom stereocenters. The number of allylic oxidation sites excluding steroid dienone is 2. The maximum atomic E-state index is 6.88. The van der Waals surface area contributed by atoms with E-state index < -0.39 is 0 Å². The Morgan fingerprint density at radius 3 is 1.87 bits per heavy atom. The van der Waals surface area contributed by atoms with Gasteiger partial charge in [-0.15, -0.1) is 0 Å². The maximum absolute atomic E-state index is 6.88. The normalized spacial score (nSPS) is 15.6. The van der Waals surface area contributed by atoms with Crippen molar-refractivity contribution in [1.82, 2.24) is 4.98 Å². The van der Waals surface area contributed by atoms with E-state index in [1.165, 1.54) is 16.7 Å². The number of aryl methyl sites for hydroxylation is 2. The highest BCUT2D eigenvalue weighted by molar-refractivity contribution is 6.41. The molecule has 148 valence electrons. The van der Waals surface area contributed by atoms with Gasteiger partial charge in [0.05, 0.1) is 16.4 Å². The summed E-state index contributed by atoms with van der Waals surface area (Å²) in [7, 11) is 0. The second-order valence-corrected chi connectivity index (χ2v) is 8.47. The minimum atomic E-state index is 0.798. The van der Waals surface area contributed by atoms with E-state index in [2.05, 4.69) is 81.2 Å². The summed E-state index contributed by atoms with van der Waals surface area (Å²) in [4.78, 5) is 8.57. The summed E-state index contributed by atoms with van der Waals surface area (Å²) in [5, 5.41) is 5.21. The third kappa shape index (κ3) is 2.83. The number of H-pyrrole nitrogens is 1. The first-order valence-corrected chi connectivity index (χ1v) is 10.6. The van der Waals surface area contributed by atoms with E-state index in [1.807, 2.05) is 12.1 Å². The summed E-state index contributed by atoms with van der Waals surface area (Å²) in [6.07, 6.45) is 2.15. The van der Waals surface area contributed by atoms with Crippen molar-refractivity contribution in [3.05, 3.63) is 99.5 Å². The molecule has 0 saturated heterocycles. The molecule has 0 saturated carbocycles. The van der Waals surface area contributed by atoms with Gasteiger partial charge < -0.3 is 4.98 Å². The molecule has 4 aromatic rings. The number of aliphatic imine (C=N–C) groups is 1. The van der Waals surface area contributed by atoms with E-state index in [4.69, 9.17) is 16.6 Å². The molecule has 2 heterocycles. The zero-order chi connectivity index (χ0) is 21.0. The number of fused-ring (bicyclic) bond motifs is 2. The number of aromatic nitrogens is 1. The topological polar surface area (TPSA) is 28.1 Å². The molecular formula is C27H23ClN2. The van der Waals surface area contributed by atoms with E-state index in [1.54, 1.807) is 0 Å². The van der Waals surface area contributed by atoms with Gasteiger partial charge >= 0.3 is 0 Å². The number of hydrogen-bond acceptors (Lipinski definition) is 1. The molecule has 1 aliphatic rings. The van der Waals surface area contributed by atoms with Crippen LogP contribution in [0, 0.1) is 13.8 Å². The van der Waals surface area contributed by atoms with Crippen LogP contribution in [0.15, 0.2) is 76.9 Å². The van der Waals surface area contributed by atoms with Crippen molar-refractivity contribution in [2.24, 2.45) is 4.99 Å². The Morgan fingerprint density at radius 2 is 1.40 bits per heavy atom. The van der Waals surface area contributed by atoms with Crippen LogP contribution in [0.4, 0.5) is 0 Å². The van der Waals surface area contributed by atoms with Crippen molar-refractivity contribution in [3.63, 3.8) is 0 Å². The zero-order valence-electron chi connectivity index (χ0n) is 17.6. The Hall–Kier alpha value is -3.10. The molecule has 1 aliphatic heterocycles. The predicted octanol–water partition coefficient (Wildman–Crippen LogP) is 7.77. The number of nitrogens with zero attached hydrogens (tertiary/aromatic N) is 1. The molecule has 0 atom stereocenters. The van der Waals surface area contributed by atoms with Crippen LogP contribution in [-0.4, -0.2) is 10.7 Å². The molecule has 0 amide bonds. The minimum Gasteiger partial charge on any atom is -0.358 e. The first-order chi connectivity index (χ1) is 14.5. The van der Waals surface area contributed by atoms with Crippen molar-refractivity contribution >= 4 is 44.4 Å². The Morgan fingerprint density at radius 1 is 0.833 bits per heavy atom. The summed E-state index contributed by atoms with van der Waals surface area (Å²) in [6, 6.07) is 19.0. The first kappa shape index (κ1) is 18.9. The van der Waals surface area contributed by atoms with Crippen molar-refractivity contribution in [2.75, 3.05) is 0 Å². The van der Waals surface area contributed by atoms with Crippen LogP contribution in [0.3, 0.4) is 0 Å². The zero-order valence-corrected chi connectivity index (χ0v) is 18.4. The lowest BCUT2D eigenvalue weighted by Gasteiger charge is -2.19. The van der Waals surface area contributed by atoms with E-state index in [0.717, 1.165) is 54.9 Å². The highest BCUT2D eigenvalue weighted by Crippen LogP contribution is 2.44. The van der Waals surface area contributed by atoms with Crippen LogP contribution >= 0.6 is 11.6 Å². The average Bonchev–Trinajstić information content (AvgIpc) is 3.24. The van der Waals surface area contributed by atoms with Crippen LogP contribution in [0.1, 0.15) is 36.4 Å². The lowest BCUT2D eigenvalue weighted by atomic mass is 9.87. The Labute approximate surface area is 181 Å². The standard InChI is InChI=1S/C27H23ClN2/c1-15-13-17(3)29-26(15)24(27-16(2)14-18(4)30-27)23-19-9-5-7-11-21(19)25(28)22-12-8-6-10-20(22)23/h5-14,29H,1-4H3/b27-24+. The van der Waals surface area contributed by atoms with Crippen LogP contribution < -0.4 is 0 Å². The molecule has 2 nitrogen and oxygen atoms in total. The van der Waals surface area contributed by atoms with Gasteiger partial charge in [0.1, 0.15) is 0 Å². The van der Waals surface area contributed by atoms with Gasteiger partial charge in [-0.1, -0.05) is 60.1 Å². The van der Waals surface area contributed by atoms with Gasteiger partial charge in [0.2, 0.25) is 0 Å². The fourth-order valence-electron chi connectivity index (χ4n) is 4.63. The fraction of sp³-hybridized carbons (Fsp3) is 0.148. The monoisotopic (exact) mass is 410 g/mol. The van der Waals surface area contributed by atoms with Crippen LogP contribution in [-0.2, 0) is 0 Å². The molecule has 1 aromatic heterocycles. The third-order valence-electron chi connectivity index (χ3n) is 5.84. The SMILES string of the molecule is CC1=CC(C)=N/C1=C(/c1[nH]c(C)cc1C)c1c2ccccc2c(Cl)c2ccccc12. The van der Waals surface area contributed by atoms with Crippen molar-refractivity contribution in [2.45, 2.75) is 27.7 Å². The van der Waals surface area contributed by atoms with Crippen LogP contribution in [0.25, 0.3) is 27.1 Å². The average molecular weight is 411 g/mol. The number of hydrogen-bond donors (Lipinski definition) is 1. The number of rotatable bonds is 2. The van der Waals surface area contributed by atoms with Gasteiger partial charge in [-0.05, 0) is 61.7 Å². The van der Waals surface area contributed by atoms with E-state index in [9.17, 15) is 0 Å². The Balaban J connectivity index is 2.04. The maximum Gasteiger partial charge on any atom is 0.0762 e. The minimum absolute atomic E-state index is 0.798. The van der Waals surface area contributed by atoms with Crippen LogP contribution in [0.2, 0.25) is 5.02 Å². The summed E-state index contributed by atoms with van der Waals surface area (Å²) in [6.45, 7) is 8.45. The van der Waals surface area contributed by atoms with Gasteiger partial charge in [-0.3, -0.25) is 4.99 Å².